The van der Waals surface area contributed by atoms with Crippen LogP contribution in [0.15, 0.2) is 29.2 Å². The minimum absolute atomic E-state index is 0.175. The van der Waals surface area contributed by atoms with Crippen LogP contribution in [0.1, 0.15) is 17.3 Å². The second kappa shape index (κ2) is 3.80. The molecule has 4 heteroatoms. The number of rotatable bonds is 2. The molecule has 0 aliphatic heterocycles. The van der Waals surface area contributed by atoms with E-state index in [4.69, 9.17) is 0 Å². The minimum atomic E-state index is -3.08. The monoisotopic (exact) mass is 262 g/mol. The lowest BCUT2D eigenvalue weighted by Gasteiger charge is -2.05. The van der Waals surface area contributed by atoms with Crippen LogP contribution in [0.25, 0.3) is 0 Å². The summed E-state index contributed by atoms with van der Waals surface area (Å²) >= 11 is 3.39. The van der Waals surface area contributed by atoms with Crippen LogP contribution in [0.2, 0.25) is 0 Å². The Labute approximate surface area is 87.0 Å². The molecule has 0 unspecified atom stereocenters. The van der Waals surface area contributed by atoms with Gasteiger partial charge in [0, 0.05) is 11.1 Å². The largest absolute Gasteiger partial charge is 0.224 e. The van der Waals surface area contributed by atoms with E-state index in [1.807, 2.05) is 13.0 Å². The molecule has 0 N–H and O–H groups in total. The SMILES string of the molecule is C[C@@H](Br)c1cccc(S(C)(=O)=O)c1. The fraction of sp³-hybridized carbons (Fsp3) is 0.333. The van der Waals surface area contributed by atoms with E-state index in [1.165, 1.54) is 6.26 Å². The smallest absolute Gasteiger partial charge is 0.175 e. The number of hydrogen-bond donors (Lipinski definition) is 0. The van der Waals surface area contributed by atoms with Crippen LogP contribution < -0.4 is 0 Å². The van der Waals surface area contributed by atoms with E-state index < -0.39 is 9.84 Å². The topological polar surface area (TPSA) is 34.1 Å². The van der Waals surface area contributed by atoms with Crippen molar-refractivity contribution in [2.24, 2.45) is 0 Å². The average molecular weight is 263 g/mol. The summed E-state index contributed by atoms with van der Waals surface area (Å²) in [5.41, 5.74) is 0.975. The van der Waals surface area contributed by atoms with Gasteiger partial charge in [0.1, 0.15) is 0 Å². The summed E-state index contributed by atoms with van der Waals surface area (Å²) < 4.78 is 22.4. The summed E-state index contributed by atoms with van der Waals surface area (Å²) in [5.74, 6) is 0. The summed E-state index contributed by atoms with van der Waals surface area (Å²) in [6, 6.07) is 6.94. The van der Waals surface area contributed by atoms with Gasteiger partial charge in [0.15, 0.2) is 9.84 Å². The van der Waals surface area contributed by atoms with Gasteiger partial charge in [-0.1, -0.05) is 28.1 Å². The van der Waals surface area contributed by atoms with Crippen molar-refractivity contribution in [3.63, 3.8) is 0 Å². The van der Waals surface area contributed by atoms with Crippen LogP contribution in [-0.4, -0.2) is 14.7 Å². The first-order valence-electron chi connectivity index (χ1n) is 3.85. The van der Waals surface area contributed by atoms with Crippen LogP contribution in [0, 0.1) is 0 Å². The van der Waals surface area contributed by atoms with Gasteiger partial charge in [-0.05, 0) is 24.6 Å². The molecule has 0 saturated heterocycles. The van der Waals surface area contributed by atoms with Crippen LogP contribution >= 0.6 is 15.9 Å². The molecule has 0 aliphatic rings. The summed E-state index contributed by atoms with van der Waals surface area (Å²) in [7, 11) is -3.08. The van der Waals surface area contributed by atoms with Gasteiger partial charge in [-0.15, -0.1) is 0 Å². The van der Waals surface area contributed by atoms with Gasteiger partial charge >= 0.3 is 0 Å². The summed E-state index contributed by atoms with van der Waals surface area (Å²) in [4.78, 5) is 0.547. The van der Waals surface area contributed by atoms with Crippen molar-refractivity contribution >= 4 is 25.8 Å². The molecule has 0 spiro atoms. The first-order chi connectivity index (χ1) is 5.91. The average Bonchev–Trinajstić information content (AvgIpc) is 2.03. The Morgan fingerprint density at radius 1 is 1.38 bits per heavy atom. The molecule has 0 amide bonds. The lowest BCUT2D eigenvalue weighted by Crippen LogP contribution is -1.97. The zero-order valence-electron chi connectivity index (χ0n) is 7.49. The van der Waals surface area contributed by atoms with Crippen molar-refractivity contribution in [1.82, 2.24) is 0 Å². The molecule has 13 heavy (non-hydrogen) atoms. The Balaban J connectivity index is 3.21. The third-order valence-electron chi connectivity index (χ3n) is 1.75. The molecule has 0 bridgehead atoms. The predicted octanol–water partition coefficient (Wildman–Crippen LogP) is 2.55. The van der Waals surface area contributed by atoms with Crippen LogP contribution in [0.4, 0.5) is 0 Å². The second-order valence-corrected chi connectivity index (χ2v) is 6.35. The van der Waals surface area contributed by atoms with E-state index in [0.29, 0.717) is 4.90 Å². The van der Waals surface area contributed by atoms with Crippen molar-refractivity contribution in [3.05, 3.63) is 29.8 Å². The van der Waals surface area contributed by atoms with Crippen LogP contribution in [0.3, 0.4) is 0 Å². The molecule has 72 valence electrons. The Bertz CT molecular complexity index is 396. The molecule has 0 radical (unpaired) electrons. The van der Waals surface area contributed by atoms with E-state index in [2.05, 4.69) is 15.9 Å². The van der Waals surface area contributed by atoms with E-state index in [9.17, 15) is 8.42 Å². The Kier molecular flexibility index (Phi) is 3.14. The van der Waals surface area contributed by atoms with Gasteiger partial charge in [-0.3, -0.25) is 0 Å². The third-order valence-corrected chi connectivity index (χ3v) is 3.38. The second-order valence-electron chi connectivity index (χ2n) is 2.96. The number of sulfone groups is 1. The molecule has 1 rings (SSSR count). The van der Waals surface area contributed by atoms with Gasteiger partial charge in [0.25, 0.3) is 0 Å². The highest BCUT2D eigenvalue weighted by Gasteiger charge is 2.08. The van der Waals surface area contributed by atoms with Gasteiger partial charge in [0.2, 0.25) is 0 Å². The fourth-order valence-electron chi connectivity index (χ4n) is 0.993. The lowest BCUT2D eigenvalue weighted by atomic mass is 10.2. The van der Waals surface area contributed by atoms with Gasteiger partial charge < -0.3 is 0 Å². The zero-order valence-corrected chi connectivity index (χ0v) is 9.89. The number of alkyl halides is 1. The van der Waals surface area contributed by atoms with Crippen molar-refractivity contribution in [3.8, 4) is 0 Å². The van der Waals surface area contributed by atoms with Gasteiger partial charge in [-0.2, -0.15) is 0 Å². The van der Waals surface area contributed by atoms with Gasteiger partial charge in [0.05, 0.1) is 4.90 Å². The maximum Gasteiger partial charge on any atom is 0.175 e. The standard InChI is InChI=1S/C9H11BrO2S/c1-7(10)8-4-3-5-9(6-8)13(2,11)12/h3-7H,1-2H3/t7-/m1/s1. The molecular formula is C9H11BrO2S. The molecule has 0 aromatic heterocycles. The number of benzene rings is 1. The highest BCUT2D eigenvalue weighted by molar-refractivity contribution is 9.09. The predicted molar refractivity (Wildman–Crippen MR) is 56.9 cm³/mol. The van der Waals surface area contributed by atoms with Crippen LogP contribution in [0.5, 0.6) is 0 Å². The molecule has 1 atom stereocenters. The Hall–Kier alpha value is -0.350. The molecular weight excluding hydrogens is 252 g/mol. The summed E-state index contributed by atoms with van der Waals surface area (Å²) in [6.45, 7) is 1.96. The third kappa shape index (κ3) is 2.81. The van der Waals surface area contributed by atoms with E-state index >= 15 is 0 Å². The van der Waals surface area contributed by atoms with Crippen molar-refractivity contribution < 1.29 is 8.42 Å². The zero-order chi connectivity index (χ0) is 10.1. The van der Waals surface area contributed by atoms with E-state index in [-0.39, 0.29) is 4.83 Å². The molecule has 1 aromatic carbocycles. The fourth-order valence-corrected chi connectivity index (χ4v) is 1.95. The minimum Gasteiger partial charge on any atom is -0.224 e. The highest BCUT2D eigenvalue weighted by atomic mass is 79.9. The van der Waals surface area contributed by atoms with Crippen molar-refractivity contribution in [1.29, 1.82) is 0 Å². The molecule has 1 aromatic rings. The molecule has 2 nitrogen and oxygen atoms in total. The van der Waals surface area contributed by atoms with E-state index in [1.54, 1.807) is 18.2 Å². The molecule has 0 saturated carbocycles. The first-order valence-corrected chi connectivity index (χ1v) is 6.66. The number of hydrogen-bond acceptors (Lipinski definition) is 2. The maximum absolute atomic E-state index is 11.2. The molecule has 0 heterocycles. The molecule has 0 fully saturated rings. The molecule has 0 aliphatic carbocycles. The maximum atomic E-state index is 11.2. The normalized spacial score (nSPS) is 14.1. The number of halogens is 1. The van der Waals surface area contributed by atoms with E-state index in [0.717, 1.165) is 5.56 Å². The lowest BCUT2D eigenvalue weighted by molar-refractivity contribution is 0.601. The first kappa shape index (κ1) is 10.7. The summed E-state index contributed by atoms with van der Waals surface area (Å²) in [6.07, 6.45) is 1.21. The Morgan fingerprint density at radius 2 is 2.00 bits per heavy atom. The van der Waals surface area contributed by atoms with Crippen molar-refractivity contribution in [2.75, 3.05) is 6.26 Å². The van der Waals surface area contributed by atoms with Gasteiger partial charge in [-0.25, -0.2) is 8.42 Å². The quantitative estimate of drug-likeness (QED) is 0.768. The van der Waals surface area contributed by atoms with Crippen LogP contribution in [-0.2, 0) is 9.84 Å². The Morgan fingerprint density at radius 3 is 2.46 bits per heavy atom. The summed E-state index contributed by atoms with van der Waals surface area (Å²) in [5, 5.41) is 0. The van der Waals surface area contributed by atoms with Crippen molar-refractivity contribution in [2.45, 2.75) is 16.6 Å². The highest BCUT2D eigenvalue weighted by Crippen LogP contribution is 2.23.